The van der Waals surface area contributed by atoms with Crippen molar-refractivity contribution in [2.24, 2.45) is 4.99 Å². The highest BCUT2D eigenvalue weighted by atomic mass is 19.3. The summed E-state index contributed by atoms with van der Waals surface area (Å²) in [5, 5.41) is 6.15. The van der Waals surface area contributed by atoms with Crippen molar-refractivity contribution in [3.05, 3.63) is 41.1 Å². The molecule has 0 saturated heterocycles. The lowest BCUT2D eigenvalue weighted by molar-refractivity contribution is -0.0512. The number of oxazole rings is 1. The van der Waals surface area contributed by atoms with Crippen molar-refractivity contribution in [3.63, 3.8) is 0 Å². The normalized spacial score (nSPS) is 11.6. The number of aromatic nitrogens is 1. The zero-order valence-electron chi connectivity index (χ0n) is 15.1. The van der Waals surface area contributed by atoms with Crippen molar-refractivity contribution in [3.8, 4) is 11.5 Å². The van der Waals surface area contributed by atoms with E-state index < -0.39 is 6.61 Å². The molecule has 142 valence electrons. The highest BCUT2D eigenvalue weighted by Crippen LogP contribution is 2.29. The summed E-state index contributed by atoms with van der Waals surface area (Å²) < 4.78 is 40.0. The Labute approximate surface area is 150 Å². The second kappa shape index (κ2) is 9.02. The number of halogens is 2. The maximum atomic E-state index is 12.5. The number of hydrogen-bond donors (Lipinski definition) is 2. The van der Waals surface area contributed by atoms with E-state index in [2.05, 4.69) is 25.3 Å². The van der Waals surface area contributed by atoms with Crippen molar-refractivity contribution >= 4 is 5.96 Å². The molecule has 0 amide bonds. The lowest BCUT2D eigenvalue weighted by atomic mass is 10.2. The van der Waals surface area contributed by atoms with Gasteiger partial charge in [-0.05, 0) is 31.5 Å². The first-order valence-corrected chi connectivity index (χ1v) is 7.92. The average molecular weight is 368 g/mol. The van der Waals surface area contributed by atoms with Crippen LogP contribution in [0.3, 0.4) is 0 Å². The van der Waals surface area contributed by atoms with Crippen LogP contribution >= 0.6 is 0 Å². The fourth-order valence-electron chi connectivity index (χ4n) is 2.20. The topological polar surface area (TPSA) is 80.9 Å². The molecule has 7 nitrogen and oxygen atoms in total. The number of nitrogens with one attached hydrogen (secondary N) is 2. The molecule has 0 bridgehead atoms. The predicted molar refractivity (Wildman–Crippen MR) is 92.6 cm³/mol. The summed E-state index contributed by atoms with van der Waals surface area (Å²) >= 11 is 0. The van der Waals surface area contributed by atoms with Crippen LogP contribution in [0.15, 0.2) is 27.6 Å². The first kappa shape index (κ1) is 19.5. The van der Waals surface area contributed by atoms with Crippen LogP contribution in [0, 0.1) is 13.8 Å². The first-order chi connectivity index (χ1) is 12.4. The Hall–Kier alpha value is -2.84. The fraction of sp³-hybridized carbons (Fsp3) is 0.412. The van der Waals surface area contributed by atoms with E-state index in [1.165, 1.54) is 13.2 Å². The van der Waals surface area contributed by atoms with Crippen molar-refractivity contribution < 1.29 is 22.7 Å². The van der Waals surface area contributed by atoms with Crippen LogP contribution in [0.1, 0.15) is 22.9 Å². The summed E-state index contributed by atoms with van der Waals surface area (Å²) in [6, 6.07) is 4.81. The maximum absolute atomic E-state index is 12.5. The second-order valence-corrected chi connectivity index (χ2v) is 5.39. The first-order valence-electron chi connectivity index (χ1n) is 7.92. The smallest absolute Gasteiger partial charge is 0.387 e. The number of guanidine groups is 1. The van der Waals surface area contributed by atoms with Crippen molar-refractivity contribution in [1.29, 1.82) is 0 Å². The molecular weight excluding hydrogens is 346 g/mol. The van der Waals surface area contributed by atoms with Gasteiger partial charge < -0.3 is 24.5 Å². The van der Waals surface area contributed by atoms with Crippen molar-refractivity contribution in [2.45, 2.75) is 33.5 Å². The Bertz CT molecular complexity index is 743. The predicted octanol–water partition coefficient (Wildman–Crippen LogP) is 2.77. The van der Waals surface area contributed by atoms with E-state index >= 15 is 0 Å². The number of aliphatic imine (C=N–C) groups is 1. The SMILES string of the molecule is CN=C(NCc1ccc(OC)c(OC(F)F)c1)NCc1nc(C)c(C)o1. The van der Waals surface area contributed by atoms with Crippen LogP contribution in [0.5, 0.6) is 11.5 Å². The van der Waals surface area contributed by atoms with Crippen LogP contribution < -0.4 is 20.1 Å². The zero-order chi connectivity index (χ0) is 19.1. The fourth-order valence-corrected chi connectivity index (χ4v) is 2.20. The molecule has 0 saturated carbocycles. The lowest BCUT2D eigenvalue weighted by Crippen LogP contribution is -2.36. The van der Waals surface area contributed by atoms with Gasteiger partial charge in [-0.3, -0.25) is 4.99 Å². The monoisotopic (exact) mass is 368 g/mol. The maximum Gasteiger partial charge on any atom is 0.387 e. The van der Waals surface area contributed by atoms with Gasteiger partial charge in [0.1, 0.15) is 5.76 Å². The minimum absolute atomic E-state index is 0.0181. The molecule has 0 unspecified atom stereocenters. The van der Waals surface area contributed by atoms with E-state index in [-0.39, 0.29) is 11.5 Å². The Kier molecular flexibility index (Phi) is 6.76. The molecule has 0 radical (unpaired) electrons. The minimum Gasteiger partial charge on any atom is -0.493 e. The molecule has 2 rings (SSSR count). The summed E-state index contributed by atoms with van der Waals surface area (Å²) in [5.41, 5.74) is 1.57. The molecule has 2 aromatic rings. The Morgan fingerprint density at radius 2 is 1.96 bits per heavy atom. The highest BCUT2D eigenvalue weighted by molar-refractivity contribution is 5.79. The molecule has 0 aliphatic carbocycles. The molecule has 0 spiro atoms. The summed E-state index contributed by atoms with van der Waals surface area (Å²) in [7, 11) is 3.02. The number of benzene rings is 1. The Morgan fingerprint density at radius 1 is 1.23 bits per heavy atom. The van der Waals surface area contributed by atoms with Gasteiger partial charge in [-0.2, -0.15) is 8.78 Å². The molecular formula is C17H22F2N4O3. The van der Waals surface area contributed by atoms with Gasteiger partial charge in [0.15, 0.2) is 17.5 Å². The van der Waals surface area contributed by atoms with Gasteiger partial charge in [0.25, 0.3) is 0 Å². The van der Waals surface area contributed by atoms with E-state index in [4.69, 9.17) is 9.15 Å². The van der Waals surface area contributed by atoms with Gasteiger partial charge in [0.05, 0.1) is 19.3 Å². The quantitative estimate of drug-likeness (QED) is 0.578. The van der Waals surface area contributed by atoms with E-state index in [0.717, 1.165) is 17.0 Å². The molecule has 0 fully saturated rings. The standard InChI is InChI=1S/C17H22F2N4O3/c1-10-11(2)25-15(23-10)9-22-17(20-3)21-8-12-5-6-13(24-4)14(7-12)26-16(18)19/h5-7,16H,8-9H2,1-4H3,(H2,20,21,22). The largest absolute Gasteiger partial charge is 0.493 e. The van der Waals surface area contributed by atoms with Crippen LogP contribution in [0.2, 0.25) is 0 Å². The van der Waals surface area contributed by atoms with Gasteiger partial charge in [-0.1, -0.05) is 6.07 Å². The second-order valence-electron chi connectivity index (χ2n) is 5.39. The number of aryl methyl sites for hydroxylation is 2. The van der Waals surface area contributed by atoms with Gasteiger partial charge in [-0.25, -0.2) is 4.98 Å². The third-order valence-electron chi connectivity index (χ3n) is 3.61. The molecule has 9 heteroatoms. The van der Waals surface area contributed by atoms with Crippen LogP contribution in [-0.2, 0) is 13.1 Å². The summed E-state index contributed by atoms with van der Waals surface area (Å²) in [6.07, 6.45) is 0. The van der Waals surface area contributed by atoms with Crippen molar-refractivity contribution in [1.82, 2.24) is 15.6 Å². The summed E-state index contributed by atoms with van der Waals surface area (Å²) in [6.45, 7) is 1.53. The van der Waals surface area contributed by atoms with E-state index in [1.807, 2.05) is 13.8 Å². The minimum atomic E-state index is -2.92. The number of ether oxygens (including phenoxy) is 2. The molecule has 0 aliphatic rings. The van der Waals surface area contributed by atoms with Crippen LogP contribution in [0.25, 0.3) is 0 Å². The number of alkyl halides is 2. The van der Waals surface area contributed by atoms with E-state index in [9.17, 15) is 8.78 Å². The average Bonchev–Trinajstić information content (AvgIpc) is 2.92. The van der Waals surface area contributed by atoms with Gasteiger partial charge in [0, 0.05) is 13.6 Å². The lowest BCUT2D eigenvalue weighted by Gasteiger charge is -2.13. The number of hydrogen-bond acceptors (Lipinski definition) is 5. The van der Waals surface area contributed by atoms with Crippen LogP contribution in [-0.4, -0.2) is 31.7 Å². The number of nitrogens with zero attached hydrogens (tertiary/aromatic N) is 2. The molecule has 1 aromatic carbocycles. The zero-order valence-corrected chi connectivity index (χ0v) is 15.1. The van der Waals surface area contributed by atoms with Gasteiger partial charge >= 0.3 is 6.61 Å². The molecule has 0 atom stereocenters. The summed E-state index contributed by atoms with van der Waals surface area (Å²) in [5.74, 6) is 2.07. The molecule has 0 aliphatic heterocycles. The number of rotatable bonds is 7. The molecule has 1 heterocycles. The molecule has 2 N–H and O–H groups in total. The van der Waals surface area contributed by atoms with E-state index in [0.29, 0.717) is 24.9 Å². The molecule has 1 aromatic heterocycles. The highest BCUT2D eigenvalue weighted by Gasteiger charge is 2.12. The van der Waals surface area contributed by atoms with Crippen LogP contribution in [0.4, 0.5) is 8.78 Å². The van der Waals surface area contributed by atoms with E-state index in [1.54, 1.807) is 19.2 Å². The molecule has 26 heavy (non-hydrogen) atoms. The Balaban J connectivity index is 1.95. The summed E-state index contributed by atoms with van der Waals surface area (Å²) in [4.78, 5) is 8.38. The third kappa shape index (κ3) is 5.33. The Morgan fingerprint density at radius 3 is 2.54 bits per heavy atom. The van der Waals surface area contributed by atoms with Crippen molar-refractivity contribution in [2.75, 3.05) is 14.2 Å². The number of methoxy groups -OCH3 is 1. The van der Waals surface area contributed by atoms with Gasteiger partial charge in [0.2, 0.25) is 5.89 Å². The van der Waals surface area contributed by atoms with Gasteiger partial charge in [-0.15, -0.1) is 0 Å². The third-order valence-corrected chi connectivity index (χ3v) is 3.61.